The number of rotatable bonds is 3. The molecule has 0 bridgehead atoms. The molecule has 0 heterocycles. The predicted molar refractivity (Wildman–Crippen MR) is 84.6 cm³/mol. The molecule has 3 nitrogen and oxygen atoms in total. The fourth-order valence-electron chi connectivity index (χ4n) is 2.61. The maximum Gasteiger partial charge on any atom is 0.123 e. The van der Waals surface area contributed by atoms with Crippen LogP contribution in [0, 0.1) is 5.82 Å². The standard InChI is InChI=1S/C18H16FNO2/c1-21-16-7-8-17-13(11-16)10-14(18(17)20-22-2)9-12-3-5-15(19)6-4-12/h3-9,11H,10H2,1-2H3/b14-9+,20-18?. The van der Waals surface area contributed by atoms with Gasteiger partial charge < -0.3 is 9.57 Å². The highest BCUT2D eigenvalue weighted by Gasteiger charge is 2.24. The van der Waals surface area contributed by atoms with E-state index in [9.17, 15) is 4.39 Å². The number of hydrogen-bond donors (Lipinski definition) is 0. The minimum atomic E-state index is -0.243. The number of benzene rings is 2. The van der Waals surface area contributed by atoms with Gasteiger partial charge in [0.15, 0.2) is 0 Å². The van der Waals surface area contributed by atoms with Crippen LogP contribution in [-0.2, 0) is 11.3 Å². The van der Waals surface area contributed by atoms with Crippen molar-refractivity contribution in [3.8, 4) is 5.75 Å². The lowest BCUT2D eigenvalue weighted by atomic mass is 10.1. The number of ether oxygens (including phenoxy) is 1. The molecule has 2 aromatic carbocycles. The molecular formula is C18H16FNO2. The van der Waals surface area contributed by atoms with Crippen molar-refractivity contribution in [3.63, 3.8) is 0 Å². The van der Waals surface area contributed by atoms with Gasteiger partial charge in [-0.25, -0.2) is 4.39 Å². The van der Waals surface area contributed by atoms with Gasteiger partial charge in [0.2, 0.25) is 0 Å². The average Bonchev–Trinajstić information content (AvgIpc) is 2.87. The van der Waals surface area contributed by atoms with Gasteiger partial charge in [-0.3, -0.25) is 0 Å². The third kappa shape index (κ3) is 2.72. The van der Waals surface area contributed by atoms with Gasteiger partial charge in [0.1, 0.15) is 24.4 Å². The number of hydrogen-bond acceptors (Lipinski definition) is 3. The van der Waals surface area contributed by atoms with Crippen molar-refractivity contribution in [2.24, 2.45) is 5.16 Å². The van der Waals surface area contributed by atoms with E-state index in [1.807, 2.05) is 24.3 Å². The van der Waals surface area contributed by atoms with Gasteiger partial charge in [0.05, 0.1) is 7.11 Å². The third-order valence-corrected chi connectivity index (χ3v) is 3.65. The van der Waals surface area contributed by atoms with E-state index in [0.717, 1.165) is 40.1 Å². The summed E-state index contributed by atoms with van der Waals surface area (Å²) in [7, 11) is 3.18. The van der Waals surface area contributed by atoms with Gasteiger partial charge >= 0.3 is 0 Å². The summed E-state index contributed by atoms with van der Waals surface area (Å²) in [4.78, 5) is 4.98. The van der Waals surface area contributed by atoms with Crippen LogP contribution in [0.15, 0.2) is 53.2 Å². The zero-order valence-corrected chi connectivity index (χ0v) is 12.5. The van der Waals surface area contributed by atoms with Gasteiger partial charge in [-0.2, -0.15) is 0 Å². The highest BCUT2D eigenvalue weighted by Crippen LogP contribution is 2.31. The minimum Gasteiger partial charge on any atom is -0.497 e. The molecule has 2 aromatic rings. The van der Waals surface area contributed by atoms with Gasteiger partial charge in [0, 0.05) is 12.0 Å². The van der Waals surface area contributed by atoms with Crippen molar-refractivity contribution in [1.82, 2.24) is 0 Å². The topological polar surface area (TPSA) is 30.8 Å². The molecule has 4 heteroatoms. The molecule has 0 amide bonds. The Kier molecular flexibility index (Phi) is 3.92. The van der Waals surface area contributed by atoms with Crippen molar-refractivity contribution >= 4 is 11.8 Å². The average molecular weight is 297 g/mol. The number of halogens is 1. The third-order valence-electron chi connectivity index (χ3n) is 3.65. The molecule has 0 aromatic heterocycles. The first-order valence-electron chi connectivity index (χ1n) is 6.96. The van der Waals surface area contributed by atoms with E-state index in [0.29, 0.717) is 0 Å². The summed E-state index contributed by atoms with van der Waals surface area (Å²) in [6.45, 7) is 0. The number of methoxy groups -OCH3 is 1. The highest BCUT2D eigenvalue weighted by atomic mass is 19.1. The summed E-state index contributed by atoms with van der Waals surface area (Å²) in [5.74, 6) is 0.575. The molecule has 0 saturated heterocycles. The summed E-state index contributed by atoms with van der Waals surface area (Å²) in [6.07, 6.45) is 2.75. The normalized spacial score (nSPS) is 16.9. The van der Waals surface area contributed by atoms with Crippen LogP contribution < -0.4 is 4.74 Å². The van der Waals surface area contributed by atoms with E-state index in [4.69, 9.17) is 9.57 Å². The SMILES string of the molecule is CON=C1/C(=C/c2ccc(F)cc2)Cc2cc(OC)ccc21. The second-order valence-corrected chi connectivity index (χ2v) is 5.04. The van der Waals surface area contributed by atoms with Gasteiger partial charge in [0.25, 0.3) is 0 Å². The summed E-state index contributed by atoms with van der Waals surface area (Å²) in [5, 5.41) is 4.15. The van der Waals surface area contributed by atoms with E-state index in [2.05, 4.69) is 5.16 Å². The highest BCUT2D eigenvalue weighted by molar-refractivity contribution is 6.18. The van der Waals surface area contributed by atoms with E-state index < -0.39 is 0 Å². The molecule has 0 fully saturated rings. The van der Waals surface area contributed by atoms with Crippen molar-refractivity contribution < 1.29 is 14.0 Å². The van der Waals surface area contributed by atoms with Crippen molar-refractivity contribution in [1.29, 1.82) is 0 Å². The summed E-state index contributed by atoms with van der Waals surface area (Å²) < 4.78 is 18.3. The molecule has 1 aliphatic rings. The maximum atomic E-state index is 13.0. The van der Waals surface area contributed by atoms with Gasteiger partial charge in [-0.05, 0) is 53.1 Å². The Morgan fingerprint density at radius 3 is 2.55 bits per heavy atom. The number of nitrogens with zero attached hydrogens (tertiary/aromatic N) is 1. The Morgan fingerprint density at radius 1 is 1.09 bits per heavy atom. The molecular weight excluding hydrogens is 281 g/mol. The number of allylic oxidation sites excluding steroid dienone is 1. The zero-order chi connectivity index (χ0) is 15.5. The van der Waals surface area contributed by atoms with Gasteiger partial charge in [-0.1, -0.05) is 17.3 Å². The molecule has 0 atom stereocenters. The second-order valence-electron chi connectivity index (χ2n) is 5.04. The second kappa shape index (κ2) is 6.02. The van der Waals surface area contributed by atoms with Crippen molar-refractivity contribution in [3.05, 3.63) is 70.5 Å². The Balaban J connectivity index is 2.02. The Labute approximate surface area is 128 Å². The number of fused-ring (bicyclic) bond motifs is 1. The largest absolute Gasteiger partial charge is 0.497 e. The van der Waals surface area contributed by atoms with Crippen LogP contribution in [0.3, 0.4) is 0 Å². The molecule has 0 N–H and O–H groups in total. The molecule has 22 heavy (non-hydrogen) atoms. The van der Waals surface area contributed by atoms with E-state index in [1.165, 1.54) is 19.2 Å². The van der Waals surface area contributed by atoms with Crippen LogP contribution in [0.4, 0.5) is 4.39 Å². The lowest BCUT2D eigenvalue weighted by molar-refractivity contribution is 0.214. The van der Waals surface area contributed by atoms with Gasteiger partial charge in [-0.15, -0.1) is 0 Å². The van der Waals surface area contributed by atoms with Crippen LogP contribution in [0.25, 0.3) is 6.08 Å². The lowest BCUT2D eigenvalue weighted by Gasteiger charge is -2.03. The molecule has 0 spiro atoms. The lowest BCUT2D eigenvalue weighted by Crippen LogP contribution is -1.99. The van der Waals surface area contributed by atoms with E-state index in [1.54, 1.807) is 19.2 Å². The van der Waals surface area contributed by atoms with E-state index >= 15 is 0 Å². The first kappa shape index (κ1) is 14.3. The smallest absolute Gasteiger partial charge is 0.123 e. The zero-order valence-electron chi connectivity index (χ0n) is 12.5. The maximum absolute atomic E-state index is 13.0. The number of oxime groups is 1. The van der Waals surface area contributed by atoms with Crippen LogP contribution in [0.1, 0.15) is 16.7 Å². The Bertz CT molecular complexity index is 748. The molecule has 0 aliphatic heterocycles. The van der Waals surface area contributed by atoms with Crippen LogP contribution in [-0.4, -0.2) is 19.9 Å². The van der Waals surface area contributed by atoms with Crippen LogP contribution in [0.5, 0.6) is 5.75 Å². The minimum absolute atomic E-state index is 0.243. The molecule has 0 unspecified atom stereocenters. The fourth-order valence-corrected chi connectivity index (χ4v) is 2.61. The van der Waals surface area contributed by atoms with E-state index in [-0.39, 0.29) is 5.82 Å². The summed E-state index contributed by atoms with van der Waals surface area (Å²) in [5.41, 5.74) is 4.96. The summed E-state index contributed by atoms with van der Waals surface area (Å²) in [6, 6.07) is 12.3. The monoisotopic (exact) mass is 297 g/mol. The quantitative estimate of drug-likeness (QED) is 0.806. The Morgan fingerprint density at radius 2 is 1.86 bits per heavy atom. The molecule has 1 aliphatic carbocycles. The molecule has 0 saturated carbocycles. The Hall–Kier alpha value is -2.62. The van der Waals surface area contributed by atoms with Crippen molar-refractivity contribution in [2.75, 3.05) is 14.2 Å². The molecule has 3 rings (SSSR count). The van der Waals surface area contributed by atoms with Crippen molar-refractivity contribution in [2.45, 2.75) is 6.42 Å². The van der Waals surface area contributed by atoms with Crippen LogP contribution >= 0.6 is 0 Å². The van der Waals surface area contributed by atoms with Crippen LogP contribution in [0.2, 0.25) is 0 Å². The molecule has 0 radical (unpaired) electrons. The fraction of sp³-hybridized carbons (Fsp3) is 0.167. The summed E-state index contributed by atoms with van der Waals surface area (Å²) >= 11 is 0. The first-order chi connectivity index (χ1) is 10.7. The predicted octanol–water partition coefficient (Wildman–Crippen LogP) is 3.82. The molecule has 112 valence electrons. The first-order valence-corrected chi connectivity index (χ1v) is 6.96.